The van der Waals surface area contributed by atoms with E-state index in [9.17, 15) is 4.79 Å². The molecule has 1 unspecified atom stereocenters. The maximum absolute atomic E-state index is 12.5. The quantitative estimate of drug-likeness (QED) is 0.713. The molecule has 3 aromatic rings. The number of carbonyl (C=O) groups is 1. The number of benzene rings is 1. The summed E-state index contributed by atoms with van der Waals surface area (Å²) in [7, 11) is 1.86. The lowest BCUT2D eigenvalue weighted by atomic mass is 10.1. The molecule has 1 aliphatic rings. The minimum atomic E-state index is -0.0458. The lowest BCUT2D eigenvalue weighted by molar-refractivity contribution is -0.122. The number of aromatic amines is 1. The van der Waals surface area contributed by atoms with Crippen LogP contribution in [0.5, 0.6) is 0 Å². The zero-order chi connectivity index (χ0) is 18.3. The molecule has 4 rings (SSSR count). The van der Waals surface area contributed by atoms with Crippen molar-refractivity contribution in [2.24, 2.45) is 13.0 Å². The number of H-pyrrole nitrogens is 1. The highest BCUT2D eigenvalue weighted by Gasteiger charge is 2.35. The van der Waals surface area contributed by atoms with Crippen LogP contribution in [0.4, 0.5) is 0 Å². The second kappa shape index (κ2) is 6.55. The fourth-order valence-corrected chi connectivity index (χ4v) is 3.37. The highest BCUT2D eigenvalue weighted by atomic mass is 16.1. The molecule has 1 amide bonds. The summed E-state index contributed by atoms with van der Waals surface area (Å²) in [5, 5.41) is 7.27. The summed E-state index contributed by atoms with van der Waals surface area (Å²) in [4.78, 5) is 24.8. The number of hydrogen-bond acceptors (Lipinski definition) is 4. The van der Waals surface area contributed by atoms with Gasteiger partial charge in [0.1, 0.15) is 18.0 Å². The monoisotopic (exact) mass is 352 g/mol. The predicted octanol–water partition coefficient (Wildman–Crippen LogP) is 2.51. The van der Waals surface area contributed by atoms with Crippen LogP contribution in [0.15, 0.2) is 18.5 Å². The van der Waals surface area contributed by atoms with Crippen molar-refractivity contribution in [3.63, 3.8) is 0 Å². The number of aromatic nitrogens is 5. The number of hydrogen-bond donors (Lipinski definition) is 2. The Balaban J connectivity index is 1.42. The first-order valence-electron chi connectivity index (χ1n) is 9.11. The Morgan fingerprint density at radius 3 is 2.88 bits per heavy atom. The number of nitrogens with one attached hydrogen (secondary N) is 2. The van der Waals surface area contributed by atoms with E-state index in [1.165, 1.54) is 17.5 Å². The molecule has 1 aliphatic carbocycles. The molecule has 2 heterocycles. The molecule has 1 atom stereocenters. The van der Waals surface area contributed by atoms with Crippen LogP contribution in [-0.2, 0) is 18.3 Å². The van der Waals surface area contributed by atoms with Gasteiger partial charge in [0, 0.05) is 19.9 Å². The van der Waals surface area contributed by atoms with E-state index in [-0.39, 0.29) is 11.9 Å². The number of nitrogens with zero attached hydrogens (tertiary/aromatic N) is 4. The van der Waals surface area contributed by atoms with Crippen LogP contribution >= 0.6 is 0 Å². The van der Waals surface area contributed by atoms with Gasteiger partial charge in [-0.05, 0) is 49.8 Å². The Kier molecular flexibility index (Phi) is 4.22. The summed E-state index contributed by atoms with van der Waals surface area (Å²) in [6.07, 6.45) is 4.78. The van der Waals surface area contributed by atoms with Crippen LogP contribution in [-0.4, -0.2) is 30.6 Å². The number of amides is 1. The van der Waals surface area contributed by atoms with Gasteiger partial charge in [0.05, 0.1) is 17.1 Å². The highest BCUT2D eigenvalue weighted by Crippen LogP contribution is 2.40. The van der Waals surface area contributed by atoms with Gasteiger partial charge in [-0.1, -0.05) is 6.07 Å². The van der Waals surface area contributed by atoms with Gasteiger partial charge in [0.2, 0.25) is 5.91 Å². The number of fused-ring (bicyclic) bond motifs is 1. The van der Waals surface area contributed by atoms with E-state index < -0.39 is 0 Å². The normalized spacial score (nSPS) is 15.3. The van der Waals surface area contributed by atoms with Crippen LogP contribution in [0.3, 0.4) is 0 Å². The van der Waals surface area contributed by atoms with Crippen molar-refractivity contribution in [2.45, 2.75) is 45.6 Å². The molecule has 0 bridgehead atoms. The van der Waals surface area contributed by atoms with Crippen LogP contribution in [0.25, 0.3) is 11.0 Å². The highest BCUT2D eigenvalue weighted by molar-refractivity contribution is 5.80. The zero-order valence-electron chi connectivity index (χ0n) is 15.4. The zero-order valence-corrected chi connectivity index (χ0v) is 15.4. The summed E-state index contributed by atoms with van der Waals surface area (Å²) in [5.74, 6) is 2.18. The first-order chi connectivity index (χ1) is 12.5. The first-order valence-corrected chi connectivity index (χ1v) is 9.11. The average Bonchev–Trinajstić information content (AvgIpc) is 3.24. The predicted molar refractivity (Wildman–Crippen MR) is 98.5 cm³/mol. The lowest BCUT2D eigenvalue weighted by Gasteiger charge is -2.17. The maximum atomic E-state index is 12.5. The van der Waals surface area contributed by atoms with Gasteiger partial charge in [-0.25, -0.2) is 9.97 Å². The fraction of sp³-hybridized carbons (Fsp3) is 0.474. The second-order valence-electron chi connectivity index (χ2n) is 7.21. The van der Waals surface area contributed by atoms with E-state index in [2.05, 4.69) is 45.3 Å². The van der Waals surface area contributed by atoms with Crippen molar-refractivity contribution in [1.29, 1.82) is 0 Å². The molecule has 0 aliphatic heterocycles. The Labute approximate surface area is 152 Å². The minimum Gasteiger partial charge on any atom is -0.346 e. The van der Waals surface area contributed by atoms with Gasteiger partial charge in [-0.15, -0.1) is 0 Å². The summed E-state index contributed by atoms with van der Waals surface area (Å²) in [6, 6.07) is 4.09. The molecule has 2 aromatic heterocycles. The topological polar surface area (TPSA) is 88.5 Å². The SMILES string of the molecule is Cc1ccc2[nH]c(CCC(=O)NC(c3ncnn3C)C3CC3)nc2c1C. The fourth-order valence-electron chi connectivity index (χ4n) is 3.37. The minimum absolute atomic E-state index is 0.0262. The molecule has 1 fully saturated rings. The number of carbonyl (C=O) groups excluding carboxylic acids is 1. The Morgan fingerprint density at radius 1 is 1.38 bits per heavy atom. The van der Waals surface area contributed by atoms with Gasteiger partial charge in [0.15, 0.2) is 0 Å². The molecular formula is C19H24N6O. The van der Waals surface area contributed by atoms with Gasteiger partial charge in [-0.3, -0.25) is 9.48 Å². The van der Waals surface area contributed by atoms with Crippen LogP contribution in [0, 0.1) is 19.8 Å². The number of rotatable bonds is 6. The van der Waals surface area contributed by atoms with Crippen LogP contribution < -0.4 is 5.32 Å². The van der Waals surface area contributed by atoms with E-state index in [1.807, 2.05) is 13.1 Å². The van der Waals surface area contributed by atoms with Crippen LogP contribution in [0.2, 0.25) is 0 Å². The first kappa shape index (κ1) is 16.8. The maximum Gasteiger partial charge on any atom is 0.221 e. The van der Waals surface area contributed by atoms with Gasteiger partial charge in [-0.2, -0.15) is 5.10 Å². The van der Waals surface area contributed by atoms with Gasteiger partial charge >= 0.3 is 0 Å². The second-order valence-corrected chi connectivity index (χ2v) is 7.21. The number of aryl methyl sites for hydroxylation is 4. The third kappa shape index (κ3) is 3.21. The largest absolute Gasteiger partial charge is 0.346 e. The van der Waals surface area contributed by atoms with Gasteiger partial charge in [0.25, 0.3) is 0 Å². The molecule has 0 saturated heterocycles. The third-order valence-corrected chi connectivity index (χ3v) is 5.25. The van der Waals surface area contributed by atoms with E-state index in [0.29, 0.717) is 18.8 Å². The van der Waals surface area contributed by atoms with E-state index >= 15 is 0 Å². The van der Waals surface area contributed by atoms with Crippen molar-refractivity contribution in [3.05, 3.63) is 41.2 Å². The van der Waals surface area contributed by atoms with Crippen LogP contribution in [0.1, 0.15) is 48.1 Å². The number of imidazole rings is 1. The van der Waals surface area contributed by atoms with Crippen molar-refractivity contribution in [3.8, 4) is 0 Å². The molecule has 2 N–H and O–H groups in total. The third-order valence-electron chi connectivity index (χ3n) is 5.25. The smallest absolute Gasteiger partial charge is 0.221 e. The van der Waals surface area contributed by atoms with E-state index in [1.54, 1.807) is 4.68 Å². The Morgan fingerprint density at radius 2 is 2.19 bits per heavy atom. The Hall–Kier alpha value is -2.70. The van der Waals surface area contributed by atoms with E-state index in [4.69, 9.17) is 0 Å². The summed E-state index contributed by atoms with van der Waals surface area (Å²) < 4.78 is 1.74. The molecule has 0 radical (unpaired) electrons. The van der Waals surface area contributed by atoms with Crippen molar-refractivity contribution >= 4 is 16.9 Å². The molecule has 1 aromatic carbocycles. The average molecular weight is 352 g/mol. The van der Waals surface area contributed by atoms with Crippen molar-refractivity contribution in [1.82, 2.24) is 30.0 Å². The molecule has 7 heteroatoms. The summed E-state index contributed by atoms with van der Waals surface area (Å²) in [6.45, 7) is 4.16. The standard InChI is InChI=1S/C19H24N6O/c1-11-4-7-14-17(12(11)2)23-15(22-14)8-9-16(26)24-18(13-5-6-13)19-20-10-21-25(19)3/h4,7,10,13,18H,5-6,8-9H2,1-3H3,(H,22,23)(H,24,26). The summed E-state index contributed by atoms with van der Waals surface area (Å²) >= 11 is 0. The van der Waals surface area contributed by atoms with Crippen molar-refractivity contribution in [2.75, 3.05) is 0 Å². The molecular weight excluding hydrogens is 328 g/mol. The molecule has 1 saturated carbocycles. The van der Waals surface area contributed by atoms with Gasteiger partial charge < -0.3 is 10.3 Å². The Bertz CT molecular complexity index is 952. The van der Waals surface area contributed by atoms with E-state index in [0.717, 1.165) is 35.5 Å². The van der Waals surface area contributed by atoms with Crippen molar-refractivity contribution < 1.29 is 4.79 Å². The molecule has 26 heavy (non-hydrogen) atoms. The summed E-state index contributed by atoms with van der Waals surface area (Å²) in [5.41, 5.74) is 4.43. The molecule has 136 valence electrons. The molecule has 0 spiro atoms. The molecule has 7 nitrogen and oxygen atoms in total. The lowest BCUT2D eigenvalue weighted by Crippen LogP contribution is -2.32.